The van der Waals surface area contributed by atoms with E-state index < -0.39 is 0 Å². The van der Waals surface area contributed by atoms with Gasteiger partial charge in [0.25, 0.3) is 0 Å². The van der Waals surface area contributed by atoms with Crippen LogP contribution in [0.25, 0.3) is 0 Å². The number of anilines is 2. The summed E-state index contributed by atoms with van der Waals surface area (Å²) in [5.41, 5.74) is 1.04. The number of fused-ring (bicyclic) bond motifs is 1. The van der Waals surface area contributed by atoms with E-state index in [9.17, 15) is 4.79 Å². The molecule has 1 aromatic carbocycles. The summed E-state index contributed by atoms with van der Waals surface area (Å²) in [5, 5.41) is 8.95. The molecule has 0 spiro atoms. The maximum absolute atomic E-state index is 11.8. The van der Waals surface area contributed by atoms with Gasteiger partial charge in [0.1, 0.15) is 11.0 Å². The molecular formula is C16H20N4O3S. The Morgan fingerprint density at radius 2 is 2.04 bits per heavy atom. The summed E-state index contributed by atoms with van der Waals surface area (Å²) < 4.78 is 12.3. The molecule has 0 saturated carbocycles. The van der Waals surface area contributed by atoms with Crippen molar-refractivity contribution < 1.29 is 14.3 Å². The minimum absolute atomic E-state index is 0.232. The topological polar surface area (TPSA) is 69.5 Å². The number of hydrogen-bond acceptors (Lipinski definition) is 7. The van der Waals surface area contributed by atoms with E-state index in [4.69, 9.17) is 9.47 Å². The van der Waals surface area contributed by atoms with Crippen molar-refractivity contribution >= 4 is 29.4 Å². The van der Waals surface area contributed by atoms with Crippen molar-refractivity contribution in [3.05, 3.63) is 24.3 Å². The average molecular weight is 348 g/mol. The number of hydrogen-bond donors (Lipinski definition) is 0. The van der Waals surface area contributed by atoms with Crippen molar-refractivity contribution in [2.75, 3.05) is 25.2 Å². The van der Waals surface area contributed by atoms with Crippen molar-refractivity contribution in [2.45, 2.75) is 30.8 Å². The zero-order valence-corrected chi connectivity index (χ0v) is 14.7. The highest BCUT2D eigenvalue weighted by atomic mass is 32.2. The zero-order chi connectivity index (χ0) is 17.1. The molecule has 0 fully saturated rings. The molecule has 0 unspecified atom stereocenters. The molecule has 24 heavy (non-hydrogen) atoms. The van der Waals surface area contributed by atoms with E-state index in [1.54, 1.807) is 14.0 Å². The molecule has 0 aliphatic carbocycles. The monoisotopic (exact) mass is 348 g/mol. The summed E-state index contributed by atoms with van der Waals surface area (Å²) in [6.45, 7) is 5.61. The Labute approximate surface area is 145 Å². The number of ether oxygens (including phenoxy) is 2. The second-order valence-electron chi connectivity index (χ2n) is 5.30. The highest BCUT2D eigenvalue weighted by Gasteiger charge is 2.28. The van der Waals surface area contributed by atoms with Crippen LogP contribution in [0.4, 0.5) is 11.6 Å². The quantitative estimate of drug-likeness (QED) is 0.587. The lowest BCUT2D eigenvalue weighted by atomic mass is 10.3. The molecule has 0 radical (unpaired) electrons. The second kappa shape index (κ2) is 7.12. The van der Waals surface area contributed by atoms with E-state index in [0.29, 0.717) is 6.61 Å². The molecule has 0 saturated heterocycles. The molecule has 8 heteroatoms. The molecule has 1 aliphatic rings. The Bertz CT molecular complexity index is 717. The van der Waals surface area contributed by atoms with E-state index in [-0.39, 0.29) is 11.2 Å². The van der Waals surface area contributed by atoms with E-state index in [2.05, 4.69) is 15.1 Å². The molecule has 0 amide bonds. The molecule has 2 heterocycles. The first-order chi connectivity index (χ1) is 11.6. The van der Waals surface area contributed by atoms with Crippen LogP contribution in [0.5, 0.6) is 5.75 Å². The Kier molecular flexibility index (Phi) is 4.94. The molecule has 0 N–H and O–H groups in total. The van der Waals surface area contributed by atoms with Gasteiger partial charge in [0, 0.05) is 18.8 Å². The smallest absolute Gasteiger partial charge is 0.319 e. The van der Waals surface area contributed by atoms with Gasteiger partial charge in [-0.05, 0) is 38.1 Å². The normalized spacial score (nSPS) is 14.4. The Hall–Kier alpha value is -2.22. The van der Waals surface area contributed by atoms with Gasteiger partial charge in [-0.15, -0.1) is 10.2 Å². The fraction of sp³-hybridized carbons (Fsp3) is 0.438. The summed E-state index contributed by atoms with van der Waals surface area (Å²) in [6, 6.07) is 7.84. The average Bonchev–Trinajstić information content (AvgIpc) is 3.18. The lowest BCUT2D eigenvalue weighted by Crippen LogP contribution is -2.17. The van der Waals surface area contributed by atoms with Crippen molar-refractivity contribution in [3.8, 4) is 5.75 Å². The lowest BCUT2D eigenvalue weighted by molar-refractivity contribution is -0.142. The summed E-state index contributed by atoms with van der Waals surface area (Å²) in [7, 11) is 1.65. The Morgan fingerprint density at radius 3 is 2.71 bits per heavy atom. The first-order valence-corrected chi connectivity index (χ1v) is 8.70. The van der Waals surface area contributed by atoms with Crippen LogP contribution in [0.3, 0.4) is 0 Å². The van der Waals surface area contributed by atoms with Gasteiger partial charge in [-0.2, -0.15) is 0 Å². The number of methoxy groups -OCH3 is 1. The fourth-order valence-electron chi connectivity index (χ4n) is 2.54. The van der Waals surface area contributed by atoms with Crippen LogP contribution in [-0.2, 0) is 16.1 Å². The molecule has 128 valence electrons. The van der Waals surface area contributed by atoms with E-state index in [1.165, 1.54) is 11.8 Å². The van der Waals surface area contributed by atoms with Crippen LogP contribution >= 0.6 is 11.8 Å². The first kappa shape index (κ1) is 16.6. The van der Waals surface area contributed by atoms with Gasteiger partial charge in [0.15, 0.2) is 5.16 Å². The zero-order valence-electron chi connectivity index (χ0n) is 13.9. The number of esters is 1. The van der Waals surface area contributed by atoms with Crippen molar-refractivity contribution in [1.29, 1.82) is 0 Å². The van der Waals surface area contributed by atoms with Crippen LogP contribution in [0.1, 0.15) is 13.8 Å². The summed E-state index contributed by atoms with van der Waals surface area (Å²) in [4.78, 5) is 13.9. The van der Waals surface area contributed by atoms with Gasteiger partial charge < -0.3 is 14.4 Å². The number of aromatic nitrogens is 3. The highest BCUT2D eigenvalue weighted by Crippen LogP contribution is 2.34. The molecule has 3 rings (SSSR count). The standard InChI is InChI=1S/C16H20N4O3S/c1-4-23-14(21)11(2)24-16-18-17-15-19(9-10-20(15)16)12-5-7-13(22-3)8-6-12/h5-8,11H,4,9-10H2,1-3H3/t11-/m0/s1. The Balaban J connectivity index is 1.76. The molecule has 0 bridgehead atoms. The first-order valence-electron chi connectivity index (χ1n) is 7.82. The van der Waals surface area contributed by atoms with Gasteiger partial charge >= 0.3 is 5.97 Å². The fourth-order valence-corrected chi connectivity index (χ4v) is 3.40. The lowest BCUT2D eigenvalue weighted by Gasteiger charge is -2.15. The summed E-state index contributed by atoms with van der Waals surface area (Å²) >= 11 is 1.38. The van der Waals surface area contributed by atoms with Gasteiger partial charge in [-0.25, -0.2) is 0 Å². The minimum Gasteiger partial charge on any atom is -0.497 e. The summed E-state index contributed by atoms with van der Waals surface area (Å²) in [6.07, 6.45) is 0. The third kappa shape index (κ3) is 3.19. The molecule has 1 atom stereocenters. The summed E-state index contributed by atoms with van der Waals surface area (Å²) in [5.74, 6) is 1.38. The maximum Gasteiger partial charge on any atom is 0.319 e. The van der Waals surface area contributed by atoms with E-state index >= 15 is 0 Å². The van der Waals surface area contributed by atoms with Crippen LogP contribution < -0.4 is 9.64 Å². The van der Waals surface area contributed by atoms with E-state index in [1.807, 2.05) is 35.8 Å². The molecular weight excluding hydrogens is 328 g/mol. The number of carbonyl (C=O) groups is 1. The van der Waals surface area contributed by atoms with Gasteiger partial charge in [-0.1, -0.05) is 11.8 Å². The highest BCUT2D eigenvalue weighted by molar-refractivity contribution is 8.00. The molecule has 1 aromatic heterocycles. The number of nitrogens with zero attached hydrogens (tertiary/aromatic N) is 4. The van der Waals surface area contributed by atoms with Crippen molar-refractivity contribution in [3.63, 3.8) is 0 Å². The van der Waals surface area contributed by atoms with E-state index in [0.717, 1.165) is 35.6 Å². The van der Waals surface area contributed by atoms with Crippen LogP contribution in [0.2, 0.25) is 0 Å². The Morgan fingerprint density at radius 1 is 1.29 bits per heavy atom. The van der Waals surface area contributed by atoms with Crippen molar-refractivity contribution in [1.82, 2.24) is 14.8 Å². The number of thioether (sulfide) groups is 1. The molecule has 1 aliphatic heterocycles. The predicted octanol–water partition coefficient (Wildman–Crippen LogP) is 2.48. The minimum atomic E-state index is -0.312. The predicted molar refractivity (Wildman–Crippen MR) is 92.0 cm³/mol. The van der Waals surface area contributed by atoms with Crippen LogP contribution in [0.15, 0.2) is 29.4 Å². The molecule has 2 aromatic rings. The molecule has 7 nitrogen and oxygen atoms in total. The largest absolute Gasteiger partial charge is 0.497 e. The van der Waals surface area contributed by atoms with Gasteiger partial charge in [-0.3, -0.25) is 9.36 Å². The number of rotatable bonds is 6. The maximum atomic E-state index is 11.8. The van der Waals surface area contributed by atoms with Crippen LogP contribution in [0, 0.1) is 0 Å². The van der Waals surface area contributed by atoms with Crippen LogP contribution in [-0.4, -0.2) is 46.2 Å². The third-order valence-electron chi connectivity index (χ3n) is 3.77. The number of benzene rings is 1. The SMILES string of the molecule is CCOC(=O)[C@H](C)Sc1nnc2n1CCN2c1ccc(OC)cc1. The van der Waals surface area contributed by atoms with Gasteiger partial charge in [0.2, 0.25) is 5.95 Å². The number of carbonyl (C=O) groups excluding carboxylic acids is 1. The third-order valence-corrected chi connectivity index (χ3v) is 4.83. The second-order valence-corrected chi connectivity index (χ2v) is 6.60. The van der Waals surface area contributed by atoms with Crippen molar-refractivity contribution in [2.24, 2.45) is 0 Å². The van der Waals surface area contributed by atoms with Gasteiger partial charge in [0.05, 0.1) is 13.7 Å².